The average Bonchev–Trinajstić information content (AvgIpc) is 2.82. The normalized spacial score (nSPS) is 11.2. The standard InChI is InChI=1S/C15H21F2N5/c1-5-6-7-21(3)15-18-12(8-13(19-15)14(16)17)11-9-22(4)20-10(11)2/h8-9,14H,5-7H2,1-4H3. The molecule has 2 heterocycles. The van der Waals surface area contributed by atoms with Gasteiger partial charge in [0.15, 0.2) is 0 Å². The van der Waals surface area contributed by atoms with Gasteiger partial charge in [-0.25, -0.2) is 18.7 Å². The van der Waals surface area contributed by atoms with Crippen LogP contribution in [0.2, 0.25) is 0 Å². The summed E-state index contributed by atoms with van der Waals surface area (Å²) >= 11 is 0. The van der Waals surface area contributed by atoms with Crippen LogP contribution in [0.25, 0.3) is 11.3 Å². The summed E-state index contributed by atoms with van der Waals surface area (Å²) in [5.41, 5.74) is 1.72. The third kappa shape index (κ3) is 3.58. The molecule has 0 spiro atoms. The van der Waals surface area contributed by atoms with E-state index in [-0.39, 0.29) is 5.69 Å². The van der Waals surface area contributed by atoms with Gasteiger partial charge in [-0.3, -0.25) is 4.68 Å². The predicted octanol–water partition coefficient (Wildman–Crippen LogP) is 3.36. The first kappa shape index (κ1) is 16.3. The molecule has 0 aliphatic heterocycles. The van der Waals surface area contributed by atoms with Gasteiger partial charge in [0.2, 0.25) is 5.95 Å². The minimum absolute atomic E-state index is 0.258. The molecule has 5 nitrogen and oxygen atoms in total. The minimum atomic E-state index is -2.63. The maximum Gasteiger partial charge on any atom is 0.280 e. The molecule has 0 radical (unpaired) electrons. The molecule has 0 N–H and O–H groups in total. The van der Waals surface area contributed by atoms with Crippen molar-refractivity contribution < 1.29 is 8.78 Å². The van der Waals surface area contributed by atoms with Crippen LogP contribution in [0.1, 0.15) is 37.6 Å². The zero-order valence-electron chi connectivity index (χ0n) is 13.3. The van der Waals surface area contributed by atoms with E-state index in [2.05, 4.69) is 22.0 Å². The first-order valence-corrected chi connectivity index (χ1v) is 7.31. The van der Waals surface area contributed by atoms with Crippen molar-refractivity contribution in [2.75, 3.05) is 18.5 Å². The number of nitrogens with zero attached hydrogens (tertiary/aromatic N) is 5. The fourth-order valence-corrected chi connectivity index (χ4v) is 2.22. The monoisotopic (exact) mass is 309 g/mol. The van der Waals surface area contributed by atoms with Crippen LogP contribution in [0, 0.1) is 6.92 Å². The first-order valence-electron chi connectivity index (χ1n) is 7.31. The Bertz CT molecular complexity index is 639. The maximum absolute atomic E-state index is 13.1. The van der Waals surface area contributed by atoms with Crippen LogP contribution in [0.3, 0.4) is 0 Å². The van der Waals surface area contributed by atoms with Crippen LogP contribution in [0.4, 0.5) is 14.7 Å². The van der Waals surface area contributed by atoms with Gasteiger partial charge in [-0.1, -0.05) is 13.3 Å². The lowest BCUT2D eigenvalue weighted by Crippen LogP contribution is -2.21. The van der Waals surface area contributed by atoms with Crippen molar-refractivity contribution in [3.63, 3.8) is 0 Å². The van der Waals surface area contributed by atoms with Crippen LogP contribution in [-0.4, -0.2) is 33.3 Å². The number of unbranched alkanes of at least 4 members (excludes halogenated alkanes) is 1. The Labute approximate surface area is 129 Å². The molecule has 7 heteroatoms. The molecular formula is C15H21F2N5. The number of hydrogen-bond donors (Lipinski definition) is 0. The van der Waals surface area contributed by atoms with Gasteiger partial charge in [0.05, 0.1) is 11.4 Å². The largest absolute Gasteiger partial charge is 0.344 e. The number of halogens is 2. The summed E-state index contributed by atoms with van der Waals surface area (Å²) in [5, 5.41) is 4.24. The van der Waals surface area contributed by atoms with Crippen molar-refractivity contribution in [3.05, 3.63) is 23.7 Å². The third-order valence-electron chi connectivity index (χ3n) is 3.44. The number of hydrogen-bond acceptors (Lipinski definition) is 4. The highest BCUT2D eigenvalue weighted by Crippen LogP contribution is 2.27. The fraction of sp³-hybridized carbons (Fsp3) is 0.533. The van der Waals surface area contributed by atoms with Crippen LogP contribution < -0.4 is 4.90 Å². The Balaban J connectivity index is 2.45. The molecule has 0 saturated heterocycles. The molecular weight excluding hydrogens is 288 g/mol. The highest BCUT2D eigenvalue weighted by atomic mass is 19.3. The van der Waals surface area contributed by atoms with Gasteiger partial charge in [0, 0.05) is 32.4 Å². The average molecular weight is 309 g/mol. The molecule has 0 saturated carbocycles. The molecule has 0 bridgehead atoms. The molecule has 2 aromatic rings. The van der Waals surface area contributed by atoms with Gasteiger partial charge in [-0.2, -0.15) is 5.10 Å². The van der Waals surface area contributed by atoms with Crippen LogP contribution >= 0.6 is 0 Å². The molecule has 0 amide bonds. The van der Waals surface area contributed by atoms with Crippen molar-refractivity contribution >= 4 is 5.95 Å². The number of anilines is 1. The Hall–Kier alpha value is -2.05. The summed E-state index contributed by atoms with van der Waals surface area (Å²) in [5.74, 6) is 0.324. The second-order valence-electron chi connectivity index (χ2n) is 5.36. The molecule has 0 aliphatic carbocycles. The summed E-state index contributed by atoms with van der Waals surface area (Å²) < 4.78 is 27.9. The van der Waals surface area contributed by atoms with Crippen molar-refractivity contribution in [1.29, 1.82) is 0 Å². The summed E-state index contributed by atoms with van der Waals surface area (Å²) in [6, 6.07) is 1.34. The van der Waals surface area contributed by atoms with Gasteiger partial charge < -0.3 is 4.90 Å². The molecule has 2 rings (SSSR count). The second kappa shape index (κ2) is 6.81. The molecule has 0 aromatic carbocycles. The highest BCUT2D eigenvalue weighted by molar-refractivity contribution is 5.62. The van der Waals surface area contributed by atoms with E-state index in [4.69, 9.17) is 0 Å². The molecule has 120 valence electrons. The van der Waals surface area contributed by atoms with E-state index in [1.807, 2.05) is 18.9 Å². The fourth-order valence-electron chi connectivity index (χ4n) is 2.22. The van der Waals surface area contributed by atoms with E-state index in [1.54, 1.807) is 17.9 Å². The van der Waals surface area contributed by atoms with E-state index in [0.29, 0.717) is 11.6 Å². The van der Waals surface area contributed by atoms with Crippen molar-refractivity contribution in [1.82, 2.24) is 19.7 Å². The van der Waals surface area contributed by atoms with Gasteiger partial charge in [0.1, 0.15) is 5.69 Å². The molecule has 0 atom stereocenters. The molecule has 0 unspecified atom stereocenters. The summed E-state index contributed by atoms with van der Waals surface area (Å²) in [6.45, 7) is 4.64. The van der Waals surface area contributed by atoms with Crippen LogP contribution in [0.15, 0.2) is 12.3 Å². The van der Waals surface area contributed by atoms with E-state index in [9.17, 15) is 8.78 Å². The van der Waals surface area contributed by atoms with Crippen molar-refractivity contribution in [2.24, 2.45) is 7.05 Å². The van der Waals surface area contributed by atoms with E-state index in [1.165, 1.54) is 6.07 Å². The molecule has 0 fully saturated rings. The summed E-state index contributed by atoms with van der Waals surface area (Å²) in [7, 11) is 3.61. The second-order valence-corrected chi connectivity index (χ2v) is 5.36. The van der Waals surface area contributed by atoms with E-state index >= 15 is 0 Å². The lowest BCUT2D eigenvalue weighted by Gasteiger charge is -2.18. The van der Waals surface area contributed by atoms with Crippen molar-refractivity contribution in [3.8, 4) is 11.3 Å². The quantitative estimate of drug-likeness (QED) is 0.821. The van der Waals surface area contributed by atoms with Crippen LogP contribution in [-0.2, 0) is 7.05 Å². The Morgan fingerprint density at radius 1 is 1.32 bits per heavy atom. The van der Waals surface area contributed by atoms with Gasteiger partial charge in [-0.05, 0) is 19.4 Å². The van der Waals surface area contributed by atoms with Gasteiger partial charge in [0.25, 0.3) is 6.43 Å². The smallest absolute Gasteiger partial charge is 0.280 e. The Morgan fingerprint density at radius 3 is 2.59 bits per heavy atom. The zero-order valence-corrected chi connectivity index (χ0v) is 13.3. The summed E-state index contributed by atoms with van der Waals surface area (Å²) in [4.78, 5) is 10.2. The number of aryl methyl sites for hydroxylation is 2. The van der Waals surface area contributed by atoms with Crippen LogP contribution in [0.5, 0.6) is 0 Å². The van der Waals surface area contributed by atoms with Gasteiger partial charge >= 0.3 is 0 Å². The molecule has 2 aromatic heterocycles. The lowest BCUT2D eigenvalue weighted by atomic mass is 10.1. The lowest BCUT2D eigenvalue weighted by molar-refractivity contribution is 0.146. The molecule has 0 aliphatic rings. The third-order valence-corrected chi connectivity index (χ3v) is 3.44. The Kier molecular flexibility index (Phi) is 5.05. The van der Waals surface area contributed by atoms with E-state index in [0.717, 1.165) is 30.6 Å². The zero-order chi connectivity index (χ0) is 16.3. The predicted molar refractivity (Wildman–Crippen MR) is 82.1 cm³/mol. The van der Waals surface area contributed by atoms with Crippen molar-refractivity contribution in [2.45, 2.75) is 33.1 Å². The number of aromatic nitrogens is 4. The first-order chi connectivity index (χ1) is 10.4. The number of rotatable bonds is 6. The topological polar surface area (TPSA) is 46.8 Å². The highest BCUT2D eigenvalue weighted by Gasteiger charge is 2.17. The minimum Gasteiger partial charge on any atom is -0.344 e. The summed E-state index contributed by atoms with van der Waals surface area (Å²) in [6.07, 6.45) is 1.13. The SMILES string of the molecule is CCCCN(C)c1nc(-c2cn(C)nc2C)cc(C(F)F)n1. The number of alkyl halides is 2. The Morgan fingerprint density at radius 2 is 2.05 bits per heavy atom. The van der Waals surface area contributed by atoms with E-state index < -0.39 is 6.43 Å². The maximum atomic E-state index is 13.1. The molecule has 22 heavy (non-hydrogen) atoms. The van der Waals surface area contributed by atoms with Gasteiger partial charge in [-0.15, -0.1) is 0 Å².